The third kappa shape index (κ3) is 7.05. The highest BCUT2D eigenvalue weighted by Crippen LogP contribution is 2.15. The molecule has 138 valence electrons. The molecule has 12 heteroatoms. The van der Waals surface area contributed by atoms with Gasteiger partial charge in [-0.05, 0) is 17.7 Å². The van der Waals surface area contributed by atoms with Gasteiger partial charge < -0.3 is 21.2 Å². The molecule has 0 fully saturated rings. The Morgan fingerprint density at radius 3 is 2.32 bits per heavy atom. The van der Waals surface area contributed by atoms with Crippen LogP contribution in [0.5, 0.6) is 0 Å². The van der Waals surface area contributed by atoms with Crippen LogP contribution in [0.2, 0.25) is 10.3 Å². The minimum atomic E-state index is -0.938. The number of carbonyl (C=O) groups is 2. The van der Waals surface area contributed by atoms with Gasteiger partial charge >= 0.3 is 5.97 Å². The number of rotatable bonds is 6. The Morgan fingerprint density at radius 2 is 1.80 bits per heavy atom. The van der Waals surface area contributed by atoms with Crippen LogP contribution in [0, 0.1) is 0 Å². The summed E-state index contributed by atoms with van der Waals surface area (Å²) in [5.74, 6) is -1.32. The standard InChI is InChI=1S/C13H13Cl2N5O3.2ClH/c14-9-1-6(2-10(15)20-9)5-23-13(22)8(16)3-7-4-18-12(19-7)11(17)21;;/h1-2,4,8H,3,5,16H2,(H2,17,21)(H,18,19);2*1H/t8-;;/m0../s1. The van der Waals surface area contributed by atoms with Crippen molar-refractivity contribution < 1.29 is 14.3 Å². The maximum Gasteiger partial charge on any atom is 0.323 e. The zero-order valence-electron chi connectivity index (χ0n) is 12.6. The lowest BCUT2D eigenvalue weighted by Crippen LogP contribution is -2.34. The Labute approximate surface area is 165 Å². The quantitative estimate of drug-likeness (QED) is 0.470. The molecule has 0 aromatic carbocycles. The summed E-state index contributed by atoms with van der Waals surface area (Å²) in [6, 6.07) is 2.12. The second kappa shape index (κ2) is 10.4. The molecule has 0 spiro atoms. The average Bonchev–Trinajstić information content (AvgIpc) is 2.92. The van der Waals surface area contributed by atoms with Crippen LogP contribution in [0.4, 0.5) is 0 Å². The number of aromatic amines is 1. The lowest BCUT2D eigenvalue weighted by Gasteiger charge is -2.10. The van der Waals surface area contributed by atoms with E-state index in [1.807, 2.05) is 0 Å². The number of nitrogens with two attached hydrogens (primary N) is 2. The van der Waals surface area contributed by atoms with Crippen LogP contribution in [0.15, 0.2) is 18.3 Å². The summed E-state index contributed by atoms with van der Waals surface area (Å²) in [7, 11) is 0. The van der Waals surface area contributed by atoms with Crippen LogP contribution in [-0.4, -0.2) is 32.9 Å². The van der Waals surface area contributed by atoms with E-state index in [2.05, 4.69) is 15.0 Å². The van der Waals surface area contributed by atoms with E-state index in [0.717, 1.165) is 0 Å². The molecule has 1 amide bonds. The summed E-state index contributed by atoms with van der Waals surface area (Å²) < 4.78 is 5.09. The molecule has 0 aliphatic carbocycles. The minimum Gasteiger partial charge on any atom is -0.460 e. The largest absolute Gasteiger partial charge is 0.460 e. The van der Waals surface area contributed by atoms with Crippen LogP contribution in [0.25, 0.3) is 0 Å². The van der Waals surface area contributed by atoms with Gasteiger partial charge in [-0.1, -0.05) is 23.2 Å². The molecule has 2 heterocycles. The first-order valence-corrected chi connectivity index (χ1v) is 7.19. The smallest absolute Gasteiger partial charge is 0.323 e. The number of halogens is 4. The number of nitrogens with one attached hydrogen (secondary N) is 1. The number of primary amides is 1. The maximum atomic E-state index is 11.9. The van der Waals surface area contributed by atoms with Gasteiger partial charge in [0.25, 0.3) is 5.91 Å². The SMILES string of the molecule is Cl.Cl.NC(=O)c1nc(C[C@H](N)C(=O)OCc2cc(Cl)nc(Cl)c2)c[nH]1. The highest BCUT2D eigenvalue weighted by molar-refractivity contribution is 6.32. The van der Waals surface area contributed by atoms with E-state index >= 15 is 0 Å². The third-order valence-electron chi connectivity index (χ3n) is 2.80. The summed E-state index contributed by atoms with van der Waals surface area (Å²) in [5.41, 5.74) is 11.8. The van der Waals surface area contributed by atoms with Gasteiger partial charge in [-0.3, -0.25) is 9.59 Å². The predicted octanol–water partition coefficient (Wildman–Crippen LogP) is 1.67. The number of nitrogens with zero attached hydrogens (tertiary/aromatic N) is 2. The molecule has 0 saturated carbocycles. The molecule has 1 atom stereocenters. The zero-order valence-corrected chi connectivity index (χ0v) is 15.7. The first-order chi connectivity index (χ1) is 10.8. The predicted molar refractivity (Wildman–Crippen MR) is 97.3 cm³/mol. The van der Waals surface area contributed by atoms with Crippen molar-refractivity contribution in [1.29, 1.82) is 0 Å². The molecule has 0 saturated heterocycles. The molecule has 2 aromatic heterocycles. The first-order valence-electron chi connectivity index (χ1n) is 6.43. The van der Waals surface area contributed by atoms with Gasteiger partial charge in [0, 0.05) is 12.6 Å². The second-order valence-corrected chi connectivity index (χ2v) is 5.42. The van der Waals surface area contributed by atoms with E-state index in [1.54, 1.807) is 0 Å². The lowest BCUT2D eigenvalue weighted by atomic mass is 10.2. The van der Waals surface area contributed by atoms with Crippen molar-refractivity contribution in [3.05, 3.63) is 45.7 Å². The van der Waals surface area contributed by atoms with Gasteiger partial charge in [-0.2, -0.15) is 0 Å². The molecule has 0 unspecified atom stereocenters. The van der Waals surface area contributed by atoms with Gasteiger partial charge in [0.05, 0.1) is 5.69 Å². The average molecular weight is 431 g/mol. The van der Waals surface area contributed by atoms with E-state index in [4.69, 9.17) is 39.4 Å². The monoisotopic (exact) mass is 429 g/mol. The molecule has 8 nitrogen and oxygen atoms in total. The van der Waals surface area contributed by atoms with Crippen molar-refractivity contribution in [2.75, 3.05) is 0 Å². The summed E-state index contributed by atoms with van der Waals surface area (Å²) in [5, 5.41) is 0.395. The molecule has 25 heavy (non-hydrogen) atoms. The number of hydrogen-bond donors (Lipinski definition) is 3. The van der Waals surface area contributed by atoms with Gasteiger partial charge in [-0.25, -0.2) is 9.97 Å². The Morgan fingerprint density at radius 1 is 1.20 bits per heavy atom. The molecule has 2 rings (SSSR count). The number of H-pyrrole nitrogens is 1. The molecule has 0 aliphatic rings. The van der Waals surface area contributed by atoms with Crippen LogP contribution in [-0.2, 0) is 22.6 Å². The highest BCUT2D eigenvalue weighted by Gasteiger charge is 2.18. The number of aromatic nitrogens is 3. The van der Waals surface area contributed by atoms with Gasteiger partial charge in [0.1, 0.15) is 23.0 Å². The summed E-state index contributed by atoms with van der Waals surface area (Å²) in [6.45, 7) is -0.0401. The van der Waals surface area contributed by atoms with E-state index in [9.17, 15) is 9.59 Å². The van der Waals surface area contributed by atoms with Gasteiger partial charge in [0.2, 0.25) is 0 Å². The van der Waals surface area contributed by atoms with Crippen LogP contribution >= 0.6 is 48.0 Å². The number of hydrogen-bond acceptors (Lipinski definition) is 6. The van der Waals surface area contributed by atoms with Crippen molar-refractivity contribution >= 4 is 59.9 Å². The van der Waals surface area contributed by atoms with E-state index in [-0.39, 0.29) is 54.0 Å². The van der Waals surface area contributed by atoms with Gasteiger partial charge in [0.15, 0.2) is 5.82 Å². The maximum absolute atomic E-state index is 11.9. The number of carbonyl (C=O) groups excluding carboxylic acids is 2. The molecule has 0 aliphatic heterocycles. The summed E-state index contributed by atoms with van der Waals surface area (Å²) >= 11 is 11.5. The normalized spacial score (nSPS) is 11.0. The molecule has 0 radical (unpaired) electrons. The Balaban J connectivity index is 0.00000288. The minimum absolute atomic E-state index is 0. The first kappa shape index (κ1) is 23.4. The lowest BCUT2D eigenvalue weighted by molar-refractivity contribution is -0.146. The molecule has 2 aromatic rings. The Kier molecular flexibility index (Phi) is 9.76. The van der Waals surface area contributed by atoms with E-state index in [0.29, 0.717) is 11.3 Å². The van der Waals surface area contributed by atoms with Crippen molar-refractivity contribution in [3.63, 3.8) is 0 Å². The fourth-order valence-electron chi connectivity index (χ4n) is 1.76. The van der Waals surface area contributed by atoms with Crippen LogP contribution < -0.4 is 11.5 Å². The van der Waals surface area contributed by atoms with Crippen molar-refractivity contribution in [3.8, 4) is 0 Å². The van der Waals surface area contributed by atoms with Crippen LogP contribution in [0.1, 0.15) is 21.9 Å². The number of pyridine rings is 1. The fraction of sp³-hybridized carbons (Fsp3) is 0.231. The topological polar surface area (TPSA) is 137 Å². The summed E-state index contributed by atoms with van der Waals surface area (Å²) in [6.07, 6.45) is 1.55. The fourth-order valence-corrected chi connectivity index (χ4v) is 2.26. The van der Waals surface area contributed by atoms with E-state index < -0.39 is 17.9 Å². The molecule has 0 bridgehead atoms. The Hall–Kier alpha value is -1.58. The van der Waals surface area contributed by atoms with Crippen molar-refractivity contribution in [1.82, 2.24) is 15.0 Å². The summed E-state index contributed by atoms with van der Waals surface area (Å²) in [4.78, 5) is 33.1. The van der Waals surface area contributed by atoms with Crippen molar-refractivity contribution in [2.24, 2.45) is 11.5 Å². The van der Waals surface area contributed by atoms with Crippen molar-refractivity contribution in [2.45, 2.75) is 19.1 Å². The zero-order chi connectivity index (χ0) is 17.0. The number of amides is 1. The molecule has 5 N–H and O–H groups in total. The van der Waals surface area contributed by atoms with E-state index in [1.165, 1.54) is 18.3 Å². The number of esters is 1. The van der Waals surface area contributed by atoms with Crippen LogP contribution in [0.3, 0.4) is 0 Å². The second-order valence-electron chi connectivity index (χ2n) is 4.64. The molecular weight excluding hydrogens is 416 g/mol. The number of ether oxygens (including phenoxy) is 1. The number of imidazole rings is 1. The van der Waals surface area contributed by atoms with Gasteiger partial charge in [-0.15, -0.1) is 24.8 Å². The third-order valence-corrected chi connectivity index (χ3v) is 3.19. The molecular formula is C13H15Cl4N5O3. The highest BCUT2D eigenvalue weighted by atomic mass is 35.5. The Bertz CT molecular complexity index is 720.